The number of rotatable bonds is 1. The number of fused-ring (bicyclic) bond motifs is 2. The van der Waals surface area contributed by atoms with Gasteiger partial charge in [0.25, 0.3) is 0 Å². The van der Waals surface area contributed by atoms with E-state index in [0.717, 1.165) is 36.3 Å². The van der Waals surface area contributed by atoms with E-state index in [1.54, 1.807) is 7.11 Å². The summed E-state index contributed by atoms with van der Waals surface area (Å²) in [6.45, 7) is 0. The molecule has 0 radical (unpaired) electrons. The van der Waals surface area contributed by atoms with Gasteiger partial charge in [0.05, 0.1) is 7.11 Å². The molecule has 1 aliphatic carbocycles. The fraction of sp³-hybridized carbons (Fsp3) is 0.333. The molecule has 1 spiro atoms. The Balaban J connectivity index is 1.72. The number of hydrogen-bond acceptors (Lipinski definition) is 3. The highest BCUT2D eigenvalue weighted by Crippen LogP contribution is 2.46. The third-order valence-electron chi connectivity index (χ3n) is 4.68. The zero-order valence-corrected chi connectivity index (χ0v) is 12.1. The Morgan fingerprint density at radius 3 is 2.52 bits per heavy atom. The van der Waals surface area contributed by atoms with Crippen molar-refractivity contribution in [3.63, 3.8) is 0 Å². The van der Waals surface area contributed by atoms with Gasteiger partial charge in [0.15, 0.2) is 0 Å². The summed E-state index contributed by atoms with van der Waals surface area (Å²) in [5, 5.41) is 0. The minimum Gasteiger partial charge on any atom is -0.497 e. The fourth-order valence-electron chi connectivity index (χ4n) is 3.70. The smallest absolute Gasteiger partial charge is 0.128 e. The summed E-state index contributed by atoms with van der Waals surface area (Å²) in [5.74, 6) is 1.69. The Hall–Kier alpha value is -2.00. The largest absolute Gasteiger partial charge is 0.497 e. The molecule has 1 atom stereocenters. The van der Waals surface area contributed by atoms with Crippen molar-refractivity contribution >= 4 is 0 Å². The van der Waals surface area contributed by atoms with Gasteiger partial charge in [-0.15, -0.1) is 0 Å². The lowest BCUT2D eigenvalue weighted by atomic mass is 9.85. The molecule has 2 aliphatic rings. The number of benzene rings is 2. The number of methoxy groups -OCH3 is 1. The van der Waals surface area contributed by atoms with Gasteiger partial charge in [0.1, 0.15) is 17.1 Å². The summed E-state index contributed by atoms with van der Waals surface area (Å²) >= 11 is 0. The van der Waals surface area contributed by atoms with E-state index in [-0.39, 0.29) is 11.6 Å². The predicted octanol–water partition coefficient (Wildman–Crippen LogP) is 3.02. The van der Waals surface area contributed by atoms with Crippen LogP contribution in [0.4, 0.5) is 0 Å². The second-order valence-corrected chi connectivity index (χ2v) is 6.12. The Morgan fingerprint density at radius 2 is 1.86 bits per heavy atom. The molecule has 0 saturated carbocycles. The Kier molecular flexibility index (Phi) is 2.73. The highest BCUT2D eigenvalue weighted by atomic mass is 16.5. The van der Waals surface area contributed by atoms with Crippen LogP contribution in [0.1, 0.15) is 29.2 Å². The number of ether oxygens (including phenoxy) is 2. The fourth-order valence-corrected chi connectivity index (χ4v) is 3.70. The molecule has 21 heavy (non-hydrogen) atoms. The molecule has 2 N–H and O–H groups in total. The van der Waals surface area contributed by atoms with E-state index < -0.39 is 0 Å². The van der Waals surface area contributed by atoms with Crippen LogP contribution in [0.5, 0.6) is 11.5 Å². The second-order valence-electron chi connectivity index (χ2n) is 6.12. The summed E-state index contributed by atoms with van der Waals surface area (Å²) in [6, 6.07) is 14.5. The average molecular weight is 281 g/mol. The summed E-state index contributed by atoms with van der Waals surface area (Å²) < 4.78 is 11.7. The van der Waals surface area contributed by atoms with Gasteiger partial charge in [-0.3, -0.25) is 0 Å². The molecule has 0 aromatic heterocycles. The van der Waals surface area contributed by atoms with Gasteiger partial charge >= 0.3 is 0 Å². The zero-order chi connectivity index (χ0) is 14.4. The van der Waals surface area contributed by atoms with Crippen molar-refractivity contribution in [3.8, 4) is 11.5 Å². The molecule has 1 heterocycles. The molecule has 0 bridgehead atoms. The van der Waals surface area contributed by atoms with Crippen molar-refractivity contribution in [2.24, 2.45) is 5.73 Å². The first-order valence-electron chi connectivity index (χ1n) is 7.38. The normalized spacial score (nSPS) is 21.5. The van der Waals surface area contributed by atoms with Gasteiger partial charge in [0.2, 0.25) is 0 Å². The van der Waals surface area contributed by atoms with E-state index in [0.29, 0.717) is 0 Å². The molecule has 108 valence electrons. The van der Waals surface area contributed by atoms with Gasteiger partial charge in [-0.05, 0) is 17.2 Å². The maximum Gasteiger partial charge on any atom is 0.128 e. The van der Waals surface area contributed by atoms with Crippen LogP contribution < -0.4 is 15.2 Å². The van der Waals surface area contributed by atoms with E-state index in [1.165, 1.54) is 11.1 Å². The van der Waals surface area contributed by atoms with Crippen LogP contribution in [-0.2, 0) is 12.8 Å². The molecule has 3 nitrogen and oxygen atoms in total. The summed E-state index contributed by atoms with van der Waals surface area (Å²) in [6.07, 6.45) is 2.74. The van der Waals surface area contributed by atoms with E-state index in [2.05, 4.69) is 24.3 Å². The van der Waals surface area contributed by atoms with Crippen LogP contribution in [0, 0.1) is 0 Å². The minimum atomic E-state index is -0.192. The lowest BCUT2D eigenvalue weighted by molar-refractivity contribution is 0.0457. The van der Waals surface area contributed by atoms with Crippen LogP contribution in [-0.4, -0.2) is 12.7 Å². The Labute approximate surface area is 124 Å². The van der Waals surface area contributed by atoms with E-state index in [9.17, 15) is 0 Å². The standard InChI is InChI=1S/C18H19NO2/c1-20-14-6-7-15-16(19)11-18(21-17(15)8-14)9-12-4-2-3-5-13(12)10-18/h2-8,16H,9-11,19H2,1H3. The molecular weight excluding hydrogens is 262 g/mol. The SMILES string of the molecule is COc1ccc2c(c1)OC1(Cc3ccccc3C1)CC2N. The second kappa shape index (κ2) is 4.50. The minimum absolute atomic E-state index is 0.0222. The summed E-state index contributed by atoms with van der Waals surface area (Å²) in [4.78, 5) is 0. The third kappa shape index (κ3) is 2.00. The quantitative estimate of drug-likeness (QED) is 0.874. The van der Waals surface area contributed by atoms with Crippen molar-refractivity contribution in [2.75, 3.05) is 7.11 Å². The number of nitrogens with two attached hydrogens (primary N) is 1. The van der Waals surface area contributed by atoms with Crippen molar-refractivity contribution in [2.45, 2.75) is 30.9 Å². The molecule has 3 heteroatoms. The topological polar surface area (TPSA) is 44.5 Å². The van der Waals surface area contributed by atoms with Gasteiger partial charge in [-0.25, -0.2) is 0 Å². The lowest BCUT2D eigenvalue weighted by Crippen LogP contribution is -2.43. The number of hydrogen-bond donors (Lipinski definition) is 1. The molecule has 2 aromatic carbocycles. The first kappa shape index (κ1) is 12.7. The molecule has 0 amide bonds. The van der Waals surface area contributed by atoms with Gasteiger partial charge in [-0.1, -0.05) is 30.3 Å². The average Bonchev–Trinajstić information content (AvgIpc) is 2.83. The first-order chi connectivity index (χ1) is 10.2. The van der Waals surface area contributed by atoms with Gasteiger partial charge < -0.3 is 15.2 Å². The Bertz CT molecular complexity index is 670. The summed E-state index contributed by atoms with van der Waals surface area (Å²) in [7, 11) is 1.67. The molecule has 1 unspecified atom stereocenters. The molecule has 4 rings (SSSR count). The van der Waals surface area contributed by atoms with Crippen LogP contribution in [0.2, 0.25) is 0 Å². The highest BCUT2D eigenvalue weighted by Gasteiger charge is 2.44. The predicted molar refractivity (Wildman–Crippen MR) is 81.7 cm³/mol. The monoisotopic (exact) mass is 281 g/mol. The van der Waals surface area contributed by atoms with Crippen LogP contribution in [0.3, 0.4) is 0 Å². The third-order valence-corrected chi connectivity index (χ3v) is 4.68. The summed E-state index contributed by atoms with van der Waals surface area (Å²) in [5.41, 5.74) is 10.1. The molecule has 1 aliphatic heterocycles. The van der Waals surface area contributed by atoms with Crippen LogP contribution in [0.15, 0.2) is 42.5 Å². The highest BCUT2D eigenvalue weighted by molar-refractivity contribution is 5.46. The van der Waals surface area contributed by atoms with Gasteiger partial charge in [0, 0.05) is 36.9 Å². The van der Waals surface area contributed by atoms with Crippen LogP contribution >= 0.6 is 0 Å². The molecular formula is C18H19NO2. The first-order valence-corrected chi connectivity index (χ1v) is 7.38. The maximum absolute atomic E-state index is 6.42. The molecule has 2 aromatic rings. The lowest BCUT2D eigenvalue weighted by Gasteiger charge is -2.38. The van der Waals surface area contributed by atoms with E-state index >= 15 is 0 Å². The van der Waals surface area contributed by atoms with E-state index in [4.69, 9.17) is 15.2 Å². The maximum atomic E-state index is 6.42. The van der Waals surface area contributed by atoms with Crippen molar-refractivity contribution in [1.82, 2.24) is 0 Å². The van der Waals surface area contributed by atoms with Crippen molar-refractivity contribution < 1.29 is 9.47 Å². The molecule has 0 saturated heterocycles. The van der Waals surface area contributed by atoms with Gasteiger partial charge in [-0.2, -0.15) is 0 Å². The van der Waals surface area contributed by atoms with Crippen LogP contribution in [0.25, 0.3) is 0 Å². The molecule has 0 fully saturated rings. The Morgan fingerprint density at radius 1 is 1.14 bits per heavy atom. The van der Waals surface area contributed by atoms with Crippen molar-refractivity contribution in [1.29, 1.82) is 0 Å². The zero-order valence-electron chi connectivity index (χ0n) is 12.1. The van der Waals surface area contributed by atoms with Crippen molar-refractivity contribution in [3.05, 3.63) is 59.2 Å². The van der Waals surface area contributed by atoms with E-state index in [1.807, 2.05) is 18.2 Å².